The number of carbonyl (C=O) groups excluding carboxylic acids is 1. The average Bonchev–Trinajstić information content (AvgIpc) is 2.82. The van der Waals surface area contributed by atoms with E-state index in [4.69, 9.17) is 14.2 Å². The monoisotopic (exact) mass is 415 g/mol. The second-order valence-corrected chi connectivity index (χ2v) is 6.67. The fraction of sp³-hybridized carbons (Fsp3) is 0.125. The maximum absolute atomic E-state index is 12.3. The van der Waals surface area contributed by atoms with Gasteiger partial charge in [-0.1, -0.05) is 12.1 Å². The maximum Gasteiger partial charge on any atom is 0.262 e. The molecule has 1 aromatic heterocycles. The van der Waals surface area contributed by atoms with Crippen molar-refractivity contribution >= 4 is 22.6 Å². The summed E-state index contributed by atoms with van der Waals surface area (Å²) in [6.45, 7) is -0.143. The molecule has 1 N–H and O–H groups in total. The minimum absolute atomic E-state index is 0.143. The van der Waals surface area contributed by atoms with Crippen molar-refractivity contribution in [3.63, 3.8) is 0 Å². The van der Waals surface area contributed by atoms with Crippen LogP contribution in [0.3, 0.4) is 0 Å². The largest absolute Gasteiger partial charge is 0.497 e. The molecule has 4 rings (SSSR count). The van der Waals surface area contributed by atoms with Crippen LogP contribution in [0.15, 0.2) is 72.9 Å². The van der Waals surface area contributed by atoms with Crippen LogP contribution in [-0.4, -0.2) is 36.7 Å². The fourth-order valence-electron chi connectivity index (χ4n) is 3.07. The molecule has 0 aliphatic carbocycles. The Morgan fingerprint density at radius 1 is 0.903 bits per heavy atom. The number of benzene rings is 3. The first kappa shape index (κ1) is 20.2. The third-order valence-corrected chi connectivity index (χ3v) is 4.65. The Morgan fingerprint density at radius 2 is 1.65 bits per heavy atom. The molecular weight excluding hydrogens is 394 g/mol. The van der Waals surface area contributed by atoms with Gasteiger partial charge in [-0.05, 0) is 48.5 Å². The molecule has 1 heterocycles. The zero-order valence-electron chi connectivity index (χ0n) is 17.2. The van der Waals surface area contributed by atoms with Crippen LogP contribution in [0.25, 0.3) is 22.3 Å². The third kappa shape index (κ3) is 4.72. The summed E-state index contributed by atoms with van der Waals surface area (Å²) in [5.74, 6) is 1.42. The number of anilines is 1. The minimum atomic E-state index is -0.309. The topological polar surface area (TPSA) is 82.6 Å². The zero-order valence-corrected chi connectivity index (χ0v) is 17.2. The summed E-state index contributed by atoms with van der Waals surface area (Å²) in [5, 5.41) is 2.77. The predicted molar refractivity (Wildman–Crippen MR) is 119 cm³/mol. The first-order chi connectivity index (χ1) is 15.2. The van der Waals surface area contributed by atoms with Crippen molar-refractivity contribution in [1.29, 1.82) is 0 Å². The number of ether oxygens (including phenoxy) is 3. The van der Waals surface area contributed by atoms with E-state index in [1.165, 1.54) is 7.11 Å². The van der Waals surface area contributed by atoms with Gasteiger partial charge in [0, 0.05) is 11.6 Å². The van der Waals surface area contributed by atoms with Gasteiger partial charge in [-0.15, -0.1) is 0 Å². The van der Waals surface area contributed by atoms with E-state index < -0.39 is 0 Å². The number of hydrogen-bond acceptors (Lipinski definition) is 6. The number of methoxy groups -OCH3 is 2. The number of hydrogen-bond donors (Lipinski definition) is 1. The smallest absolute Gasteiger partial charge is 0.262 e. The Balaban J connectivity index is 1.39. The molecular formula is C24H21N3O4. The molecule has 1 amide bonds. The summed E-state index contributed by atoms with van der Waals surface area (Å²) in [6.07, 6.45) is 1.74. The summed E-state index contributed by atoms with van der Waals surface area (Å²) in [4.78, 5) is 21.4. The van der Waals surface area contributed by atoms with Gasteiger partial charge in [0.05, 0.1) is 42.8 Å². The van der Waals surface area contributed by atoms with E-state index in [0.29, 0.717) is 22.9 Å². The van der Waals surface area contributed by atoms with Crippen LogP contribution >= 0.6 is 0 Å². The predicted octanol–water partition coefficient (Wildman–Crippen LogP) is 4.33. The summed E-state index contributed by atoms with van der Waals surface area (Å²) >= 11 is 0. The van der Waals surface area contributed by atoms with Gasteiger partial charge in [-0.2, -0.15) is 0 Å². The number of fused-ring (bicyclic) bond motifs is 1. The number of nitrogens with one attached hydrogen (secondary N) is 1. The Kier molecular flexibility index (Phi) is 5.93. The standard InChI is InChI=1S/C24H21N3O4/c1-29-18-11-12-23(30-2)21(13-18)27-24(28)15-31-17-9-7-16(8-10-17)22-14-25-19-5-3-4-6-20(19)26-22/h3-14H,15H2,1-2H3,(H,27,28). The highest BCUT2D eigenvalue weighted by Gasteiger charge is 2.10. The van der Waals surface area contributed by atoms with Gasteiger partial charge in [0.25, 0.3) is 5.91 Å². The molecule has 0 bridgehead atoms. The molecule has 7 nitrogen and oxygen atoms in total. The summed E-state index contributed by atoms with van der Waals surface area (Å²) in [6, 6.07) is 20.3. The normalized spacial score (nSPS) is 10.5. The van der Waals surface area contributed by atoms with Crippen LogP contribution in [0, 0.1) is 0 Å². The third-order valence-electron chi connectivity index (χ3n) is 4.65. The lowest BCUT2D eigenvalue weighted by Crippen LogP contribution is -2.20. The molecule has 0 spiro atoms. The number of nitrogens with zero attached hydrogens (tertiary/aromatic N) is 2. The summed E-state index contributed by atoms with van der Waals surface area (Å²) < 4.78 is 16.1. The van der Waals surface area contributed by atoms with E-state index in [1.807, 2.05) is 36.4 Å². The minimum Gasteiger partial charge on any atom is -0.497 e. The van der Waals surface area contributed by atoms with E-state index in [-0.39, 0.29) is 12.5 Å². The second-order valence-electron chi connectivity index (χ2n) is 6.67. The first-order valence-corrected chi connectivity index (χ1v) is 9.63. The quantitative estimate of drug-likeness (QED) is 0.484. The van der Waals surface area contributed by atoms with Crippen molar-refractivity contribution in [2.45, 2.75) is 0 Å². The molecule has 31 heavy (non-hydrogen) atoms. The van der Waals surface area contributed by atoms with Crippen LogP contribution in [0.4, 0.5) is 5.69 Å². The van der Waals surface area contributed by atoms with Gasteiger partial charge in [0.2, 0.25) is 0 Å². The van der Waals surface area contributed by atoms with E-state index >= 15 is 0 Å². The van der Waals surface area contributed by atoms with Gasteiger partial charge in [-0.25, -0.2) is 4.98 Å². The van der Waals surface area contributed by atoms with Gasteiger partial charge in [0.1, 0.15) is 17.2 Å². The van der Waals surface area contributed by atoms with Crippen LogP contribution in [0.1, 0.15) is 0 Å². The Labute approximate surface area is 179 Å². The molecule has 0 atom stereocenters. The highest BCUT2D eigenvalue weighted by molar-refractivity contribution is 5.93. The number of para-hydroxylation sites is 2. The zero-order chi connectivity index (χ0) is 21.6. The number of aromatic nitrogens is 2. The molecule has 0 saturated carbocycles. The van der Waals surface area contributed by atoms with Crippen molar-refractivity contribution in [2.24, 2.45) is 0 Å². The van der Waals surface area contributed by atoms with Crippen molar-refractivity contribution < 1.29 is 19.0 Å². The van der Waals surface area contributed by atoms with Crippen molar-refractivity contribution in [3.8, 4) is 28.5 Å². The molecule has 0 aliphatic heterocycles. The molecule has 3 aromatic carbocycles. The molecule has 4 aromatic rings. The number of carbonyl (C=O) groups is 1. The Hall–Kier alpha value is -4.13. The lowest BCUT2D eigenvalue weighted by Gasteiger charge is -2.12. The number of amides is 1. The first-order valence-electron chi connectivity index (χ1n) is 9.63. The second kappa shape index (κ2) is 9.13. The van der Waals surface area contributed by atoms with E-state index in [9.17, 15) is 4.79 Å². The molecule has 0 fully saturated rings. The molecule has 0 aliphatic rings. The lowest BCUT2D eigenvalue weighted by molar-refractivity contribution is -0.118. The molecule has 0 saturated heterocycles. The van der Waals surface area contributed by atoms with Gasteiger partial charge in [0.15, 0.2) is 6.61 Å². The van der Waals surface area contributed by atoms with Crippen molar-refractivity contribution in [3.05, 3.63) is 72.9 Å². The number of rotatable bonds is 7. The van der Waals surface area contributed by atoms with Crippen LogP contribution in [0.5, 0.6) is 17.2 Å². The van der Waals surface area contributed by atoms with Gasteiger partial charge < -0.3 is 19.5 Å². The summed E-state index contributed by atoms with van der Waals surface area (Å²) in [7, 11) is 3.10. The maximum atomic E-state index is 12.3. The highest BCUT2D eigenvalue weighted by atomic mass is 16.5. The van der Waals surface area contributed by atoms with Crippen molar-refractivity contribution in [1.82, 2.24) is 9.97 Å². The van der Waals surface area contributed by atoms with Gasteiger partial charge in [-0.3, -0.25) is 9.78 Å². The Bertz CT molecular complexity index is 1210. The molecule has 0 radical (unpaired) electrons. The SMILES string of the molecule is COc1ccc(OC)c(NC(=O)COc2ccc(-c3cnc4ccccc4n3)cc2)c1. The van der Waals surface area contributed by atoms with E-state index in [0.717, 1.165) is 22.3 Å². The highest BCUT2D eigenvalue weighted by Crippen LogP contribution is 2.29. The molecule has 156 valence electrons. The van der Waals surface area contributed by atoms with Crippen molar-refractivity contribution in [2.75, 3.05) is 26.1 Å². The van der Waals surface area contributed by atoms with Gasteiger partial charge >= 0.3 is 0 Å². The summed E-state index contributed by atoms with van der Waals surface area (Å²) in [5.41, 5.74) is 3.89. The van der Waals surface area contributed by atoms with Crippen LogP contribution in [-0.2, 0) is 4.79 Å². The Morgan fingerprint density at radius 3 is 2.39 bits per heavy atom. The van der Waals surface area contributed by atoms with Crippen LogP contribution < -0.4 is 19.5 Å². The lowest BCUT2D eigenvalue weighted by atomic mass is 10.1. The molecule has 0 unspecified atom stereocenters. The molecule has 7 heteroatoms. The average molecular weight is 415 g/mol. The fourth-order valence-corrected chi connectivity index (χ4v) is 3.07. The van der Waals surface area contributed by atoms with E-state index in [1.54, 1.807) is 43.6 Å². The van der Waals surface area contributed by atoms with E-state index in [2.05, 4.69) is 15.3 Å². The van der Waals surface area contributed by atoms with Crippen LogP contribution in [0.2, 0.25) is 0 Å².